The summed E-state index contributed by atoms with van der Waals surface area (Å²) in [5.74, 6) is 0. The van der Waals surface area contributed by atoms with Crippen molar-refractivity contribution in [3.8, 4) is 16.8 Å². The van der Waals surface area contributed by atoms with E-state index in [4.69, 9.17) is 8.83 Å². The SMILES string of the molecule is CC(C)(C)c1ccc(N2B3c4cc5c(cc4-n4c6cc7sc8ccccc8c7cc6c6ccc(c3c64)-c3cc4oc6cc7c(cc6c4cc32)C(C)(C)CCC7(C)C)oc2ccccc25)cc1. The van der Waals surface area contributed by atoms with E-state index in [1.54, 1.807) is 0 Å². The zero-order valence-electron chi connectivity index (χ0n) is 38.3. The minimum Gasteiger partial charge on any atom is -0.456 e. The van der Waals surface area contributed by atoms with Gasteiger partial charge in [0.25, 0.3) is 0 Å². The largest absolute Gasteiger partial charge is 0.456 e. The van der Waals surface area contributed by atoms with Crippen LogP contribution in [0.15, 0.2) is 142 Å². The number of benzene rings is 8. The van der Waals surface area contributed by atoms with Crippen molar-refractivity contribution in [2.75, 3.05) is 4.81 Å². The second-order valence-electron chi connectivity index (χ2n) is 21.9. The van der Waals surface area contributed by atoms with Crippen LogP contribution < -0.4 is 15.7 Å². The number of rotatable bonds is 1. The number of fused-ring (bicyclic) bond motifs is 18. The van der Waals surface area contributed by atoms with Crippen LogP contribution >= 0.6 is 11.3 Å². The van der Waals surface area contributed by atoms with Crippen molar-refractivity contribution in [2.24, 2.45) is 0 Å². The first-order valence-electron chi connectivity index (χ1n) is 23.6. The van der Waals surface area contributed by atoms with Gasteiger partial charge < -0.3 is 18.2 Å². The first kappa shape index (κ1) is 37.5. The molecule has 2 aliphatic heterocycles. The highest BCUT2D eigenvalue weighted by atomic mass is 32.1. The lowest BCUT2D eigenvalue weighted by molar-refractivity contribution is 0.332. The molecular weight excluding hydrogens is 824 g/mol. The summed E-state index contributed by atoms with van der Waals surface area (Å²) in [6.07, 6.45) is 2.33. The van der Waals surface area contributed by atoms with E-state index in [2.05, 4.69) is 191 Å². The minimum atomic E-state index is -0.133. The van der Waals surface area contributed by atoms with E-state index in [9.17, 15) is 0 Å². The van der Waals surface area contributed by atoms with Gasteiger partial charge in [-0.2, -0.15) is 0 Å². The highest BCUT2D eigenvalue weighted by Crippen LogP contribution is 2.52. The van der Waals surface area contributed by atoms with Gasteiger partial charge in [0.1, 0.15) is 22.3 Å². The van der Waals surface area contributed by atoms with Crippen molar-refractivity contribution in [2.45, 2.75) is 77.6 Å². The minimum absolute atomic E-state index is 0.0197. The molecule has 4 nitrogen and oxygen atoms in total. The molecule has 0 unspecified atom stereocenters. The fourth-order valence-electron chi connectivity index (χ4n) is 12.6. The average molecular weight is 871 g/mol. The molecule has 0 atom stereocenters. The number of para-hydroxylation sites is 1. The molecule has 4 aromatic heterocycles. The van der Waals surface area contributed by atoms with Crippen LogP contribution in [0.4, 0.5) is 11.4 Å². The van der Waals surface area contributed by atoms with E-state index in [1.165, 1.54) is 115 Å². The maximum absolute atomic E-state index is 7.03. The van der Waals surface area contributed by atoms with E-state index in [0.29, 0.717) is 0 Å². The van der Waals surface area contributed by atoms with Gasteiger partial charge in [-0.05, 0) is 123 Å². The summed E-state index contributed by atoms with van der Waals surface area (Å²) >= 11 is 1.88. The van der Waals surface area contributed by atoms with Gasteiger partial charge in [0.2, 0.25) is 0 Å². The molecule has 0 N–H and O–H groups in total. The lowest BCUT2D eigenvalue weighted by Crippen LogP contribution is -2.60. The third-order valence-electron chi connectivity index (χ3n) is 16.2. The molecule has 0 saturated carbocycles. The Labute approximate surface area is 387 Å². The van der Waals surface area contributed by atoms with Crippen LogP contribution in [-0.2, 0) is 16.2 Å². The molecule has 0 radical (unpaired) electrons. The second-order valence-corrected chi connectivity index (χ2v) is 23.0. The second kappa shape index (κ2) is 12.2. The molecule has 0 saturated heterocycles. The first-order chi connectivity index (χ1) is 31.8. The van der Waals surface area contributed by atoms with Crippen LogP contribution in [0.5, 0.6) is 0 Å². The summed E-state index contributed by atoms with van der Waals surface area (Å²) in [6.45, 7) is 16.4. The van der Waals surface area contributed by atoms with Gasteiger partial charge in [-0.1, -0.05) is 115 Å². The standard InChI is InChI=1S/C60H47BN2O2S/c1-58(2,3)32-16-18-33(19-17-32)63-48-27-42-40-25-44-45(60(6,7)23-22-59(44,4)5)29-52(40)65-51(42)28-39(48)36-20-21-37-38-24-43-35-13-9-11-15-54(35)66-55(43)31-47(38)62-49-30-53-41(34-12-8-10-14-50(34)64-53)26-46(49)61(63)56(36)57(37)62/h8-21,24-31H,22-23H2,1-7H3. The van der Waals surface area contributed by atoms with Crippen molar-refractivity contribution >= 4 is 126 Å². The van der Waals surface area contributed by atoms with Crippen LogP contribution in [0, 0.1) is 0 Å². The van der Waals surface area contributed by atoms with Gasteiger partial charge in [-0.25, -0.2) is 0 Å². The zero-order valence-corrected chi connectivity index (χ0v) is 39.1. The van der Waals surface area contributed by atoms with Gasteiger partial charge in [0.05, 0.1) is 11.0 Å². The third kappa shape index (κ3) is 4.75. The summed E-state index contributed by atoms with van der Waals surface area (Å²) in [5.41, 5.74) is 19.2. The summed E-state index contributed by atoms with van der Waals surface area (Å²) in [5, 5.41) is 9.83. The molecule has 15 rings (SSSR count). The van der Waals surface area contributed by atoms with Gasteiger partial charge >= 0.3 is 6.85 Å². The fourth-order valence-corrected chi connectivity index (χ4v) is 13.7. The number of thiophene rings is 1. The Morgan fingerprint density at radius 2 is 1.21 bits per heavy atom. The highest BCUT2D eigenvalue weighted by molar-refractivity contribution is 7.25. The van der Waals surface area contributed by atoms with E-state index < -0.39 is 0 Å². The Hall–Kier alpha value is -6.76. The van der Waals surface area contributed by atoms with Crippen LogP contribution in [0.2, 0.25) is 0 Å². The summed E-state index contributed by atoms with van der Waals surface area (Å²) in [7, 11) is 0. The molecule has 0 bridgehead atoms. The molecule has 0 spiro atoms. The summed E-state index contributed by atoms with van der Waals surface area (Å²) < 4.78 is 19.0. The molecule has 8 aromatic carbocycles. The van der Waals surface area contributed by atoms with Gasteiger partial charge in [0, 0.05) is 81.2 Å². The van der Waals surface area contributed by atoms with Gasteiger partial charge in [-0.15, -0.1) is 11.3 Å². The van der Waals surface area contributed by atoms with Crippen LogP contribution in [0.1, 0.15) is 78.0 Å². The van der Waals surface area contributed by atoms with E-state index in [-0.39, 0.29) is 23.1 Å². The molecular formula is C60H47BN2O2S. The Balaban J connectivity index is 1.10. The van der Waals surface area contributed by atoms with Crippen molar-refractivity contribution in [3.63, 3.8) is 0 Å². The van der Waals surface area contributed by atoms with Gasteiger partial charge in [-0.3, -0.25) is 0 Å². The smallest absolute Gasteiger partial charge is 0.333 e. The van der Waals surface area contributed by atoms with Crippen molar-refractivity contribution in [1.29, 1.82) is 0 Å². The Morgan fingerprint density at radius 3 is 2.02 bits per heavy atom. The third-order valence-corrected chi connectivity index (χ3v) is 17.3. The maximum atomic E-state index is 7.03. The number of anilines is 2. The summed E-state index contributed by atoms with van der Waals surface area (Å²) in [6, 6.07) is 51.0. The Morgan fingerprint density at radius 1 is 0.530 bits per heavy atom. The topological polar surface area (TPSA) is 34.5 Å². The van der Waals surface area contributed by atoms with Crippen molar-refractivity contribution < 1.29 is 8.83 Å². The van der Waals surface area contributed by atoms with E-state index >= 15 is 0 Å². The number of furan rings is 2. The Bertz CT molecular complexity index is 4170. The monoisotopic (exact) mass is 870 g/mol. The molecule has 0 amide bonds. The first-order valence-corrected chi connectivity index (χ1v) is 24.5. The van der Waals surface area contributed by atoms with Crippen LogP contribution in [0.25, 0.3) is 103 Å². The van der Waals surface area contributed by atoms with Crippen LogP contribution in [-0.4, -0.2) is 11.4 Å². The number of hydrogen-bond donors (Lipinski definition) is 0. The van der Waals surface area contributed by atoms with E-state index in [1.807, 2.05) is 11.3 Å². The quantitative estimate of drug-likeness (QED) is 0.154. The van der Waals surface area contributed by atoms with E-state index in [0.717, 1.165) is 39.5 Å². The molecule has 318 valence electrons. The molecule has 3 aliphatic rings. The Kier molecular flexibility index (Phi) is 6.91. The predicted octanol–water partition coefficient (Wildman–Crippen LogP) is 15.8. The normalized spacial score (nSPS) is 16.2. The molecule has 66 heavy (non-hydrogen) atoms. The molecule has 6 heteroatoms. The average Bonchev–Trinajstić information content (AvgIpc) is 4.05. The predicted molar refractivity (Wildman–Crippen MR) is 281 cm³/mol. The van der Waals surface area contributed by atoms with Crippen molar-refractivity contribution in [1.82, 2.24) is 4.57 Å². The number of nitrogens with zero attached hydrogens (tertiary/aromatic N) is 2. The zero-order chi connectivity index (χ0) is 44.3. The summed E-state index contributed by atoms with van der Waals surface area (Å²) in [4.78, 5) is 2.66. The highest BCUT2D eigenvalue weighted by Gasteiger charge is 2.45. The van der Waals surface area contributed by atoms with Gasteiger partial charge in [0.15, 0.2) is 0 Å². The molecule has 0 fully saturated rings. The molecule has 12 aromatic rings. The number of hydrogen-bond acceptors (Lipinski definition) is 4. The lowest BCUT2D eigenvalue weighted by Gasteiger charge is -2.42. The lowest BCUT2D eigenvalue weighted by atomic mass is 9.44. The maximum Gasteiger partial charge on any atom is 0.333 e. The fraction of sp³-hybridized carbons (Fsp3) is 0.200. The van der Waals surface area contributed by atoms with Crippen molar-refractivity contribution in [3.05, 3.63) is 150 Å². The van der Waals surface area contributed by atoms with Crippen LogP contribution in [0.3, 0.4) is 0 Å². The molecule has 6 heterocycles. The number of aromatic nitrogens is 1. The molecule has 1 aliphatic carbocycles.